The van der Waals surface area contributed by atoms with Crippen molar-refractivity contribution in [3.63, 3.8) is 0 Å². The molecule has 4 rings (SSSR count). The molecule has 3 heteroatoms. The first-order valence-corrected chi connectivity index (χ1v) is 12.4. The lowest BCUT2D eigenvalue weighted by Gasteiger charge is -2.65. The Kier molecular flexibility index (Phi) is 4.19. The van der Waals surface area contributed by atoms with Crippen LogP contribution in [0.1, 0.15) is 115 Å². The summed E-state index contributed by atoms with van der Waals surface area (Å²) in [6.07, 6.45) is 5.93. The van der Waals surface area contributed by atoms with Crippen molar-refractivity contribution in [1.82, 2.24) is 0 Å². The molecule has 0 bridgehead atoms. The molecule has 4 saturated carbocycles. The molecule has 174 valence electrons. The second-order valence-electron chi connectivity index (χ2n) is 11.9. The van der Waals surface area contributed by atoms with Crippen LogP contribution >= 0.6 is 0 Å². The molecule has 0 heterocycles. The van der Waals surface area contributed by atoms with Gasteiger partial charge in [0.1, 0.15) is 0 Å². The minimum absolute atomic E-state index is 0.0897. The molecule has 10 atom stereocenters. The van der Waals surface area contributed by atoms with Gasteiger partial charge in [-0.15, -0.1) is 0 Å². The zero-order valence-corrected chi connectivity index (χ0v) is 19.2. The zero-order valence-electron chi connectivity index (χ0n) is 26.2. The Labute approximate surface area is 194 Å². The summed E-state index contributed by atoms with van der Waals surface area (Å²) in [5.41, 5.74) is -1.55. The number of fused-ring (bicyclic) bond motifs is 5. The fourth-order valence-electron chi connectivity index (χ4n) is 9.04. The van der Waals surface area contributed by atoms with E-state index in [-0.39, 0.29) is 24.2 Å². The normalized spacial score (nSPS) is 56.5. The average Bonchev–Trinajstić information content (AvgIpc) is 3.12. The van der Waals surface area contributed by atoms with Crippen LogP contribution in [0.2, 0.25) is 0 Å². The molecule has 0 radical (unpaired) electrons. The molecule has 0 unspecified atom stereocenters. The van der Waals surface area contributed by atoms with E-state index in [9.17, 15) is 15.3 Å². The summed E-state index contributed by atoms with van der Waals surface area (Å²) in [4.78, 5) is 0. The molecule has 0 spiro atoms. The first-order valence-electron chi connectivity index (χ1n) is 15.9. The summed E-state index contributed by atoms with van der Waals surface area (Å²) >= 11 is 0. The third-order valence-electron chi connectivity index (χ3n) is 10.7. The van der Waals surface area contributed by atoms with Gasteiger partial charge in [-0.2, -0.15) is 0 Å². The quantitative estimate of drug-likeness (QED) is 0.539. The van der Waals surface area contributed by atoms with E-state index in [1.807, 2.05) is 0 Å². The predicted molar refractivity (Wildman–Crippen MR) is 122 cm³/mol. The van der Waals surface area contributed by atoms with E-state index in [4.69, 9.17) is 9.60 Å². The Hall–Kier alpha value is -0.120. The maximum atomic E-state index is 11.6. The van der Waals surface area contributed by atoms with Gasteiger partial charge in [-0.25, -0.2) is 0 Å². The van der Waals surface area contributed by atoms with Crippen molar-refractivity contribution in [1.29, 1.82) is 0 Å². The Morgan fingerprint density at radius 1 is 1.03 bits per heavy atom. The molecule has 0 aromatic heterocycles. The van der Waals surface area contributed by atoms with Crippen molar-refractivity contribution in [2.45, 2.75) is 123 Å². The van der Waals surface area contributed by atoms with Crippen molar-refractivity contribution in [2.75, 3.05) is 0 Å². The second-order valence-corrected chi connectivity index (χ2v) is 11.9. The van der Waals surface area contributed by atoms with Gasteiger partial charge in [0.05, 0.1) is 17.8 Å². The van der Waals surface area contributed by atoms with Gasteiger partial charge in [0, 0.05) is 21.4 Å². The zero-order chi connectivity index (χ0) is 27.8. The van der Waals surface area contributed by atoms with Crippen LogP contribution in [-0.4, -0.2) is 33.1 Å². The van der Waals surface area contributed by atoms with Crippen molar-refractivity contribution in [2.24, 2.45) is 46.3 Å². The largest absolute Gasteiger partial charge is 0.393 e. The predicted octanol–water partition coefficient (Wildman–Crippen LogP) is 5.55. The van der Waals surface area contributed by atoms with E-state index in [0.717, 1.165) is 32.1 Å². The topological polar surface area (TPSA) is 60.7 Å². The number of aliphatic hydroxyl groups excluding tert-OH is 2. The molecule has 0 aromatic carbocycles. The van der Waals surface area contributed by atoms with Crippen LogP contribution in [0.5, 0.6) is 0 Å². The molecule has 0 amide bonds. The Balaban J connectivity index is 1.47. The Morgan fingerprint density at radius 3 is 2.53 bits per heavy atom. The van der Waals surface area contributed by atoms with Crippen LogP contribution in [-0.2, 0) is 0 Å². The number of aliphatic hydroxyl groups is 3. The van der Waals surface area contributed by atoms with E-state index in [0.29, 0.717) is 49.4 Å². The maximum Gasteiger partial charge on any atom is 0.0985 e. The first-order chi connectivity index (χ1) is 16.8. The third-order valence-corrected chi connectivity index (χ3v) is 10.7. The van der Waals surface area contributed by atoms with Gasteiger partial charge in [-0.1, -0.05) is 53.7 Å². The monoisotopic (exact) mass is 427 g/mol. The van der Waals surface area contributed by atoms with Crippen LogP contribution < -0.4 is 0 Å². The SMILES string of the molecule is [2H]C([2H])([2H])C([2H])(CCC[C@@H](C)[C@H]1CC[C@H]2[C@@H]3C[C@H](O)[C@@]4(O)C[C@@H](O)CC[C@]4(C)[C@H]3CC[C@]12C)C([2H])([2H])[2H]. The van der Waals surface area contributed by atoms with Gasteiger partial charge in [0.2, 0.25) is 0 Å². The van der Waals surface area contributed by atoms with Crippen molar-refractivity contribution in [3.8, 4) is 0 Å². The molecule has 4 aliphatic rings. The highest BCUT2D eigenvalue weighted by Crippen LogP contribution is 2.69. The van der Waals surface area contributed by atoms with E-state index < -0.39 is 42.8 Å². The average molecular weight is 428 g/mol. The molecule has 30 heavy (non-hydrogen) atoms. The van der Waals surface area contributed by atoms with Gasteiger partial charge in [0.15, 0.2) is 0 Å². The summed E-state index contributed by atoms with van der Waals surface area (Å²) in [7, 11) is 0. The molecule has 0 aromatic rings. The molecule has 4 fully saturated rings. The van der Waals surface area contributed by atoms with Crippen LogP contribution in [0.3, 0.4) is 0 Å². The smallest absolute Gasteiger partial charge is 0.0985 e. The lowest BCUT2D eigenvalue weighted by Crippen LogP contribution is -2.68. The minimum atomic E-state index is -2.86. The molecule has 4 aliphatic carbocycles. The molecule has 0 aliphatic heterocycles. The van der Waals surface area contributed by atoms with Crippen molar-refractivity contribution in [3.05, 3.63) is 0 Å². The van der Waals surface area contributed by atoms with Crippen molar-refractivity contribution < 1.29 is 24.9 Å². The lowest BCUT2D eigenvalue weighted by molar-refractivity contribution is -0.264. The summed E-state index contributed by atoms with van der Waals surface area (Å²) in [5, 5.41) is 33.2. The number of rotatable bonds is 5. The highest BCUT2D eigenvalue weighted by Gasteiger charge is 2.67. The van der Waals surface area contributed by atoms with Crippen LogP contribution in [0.4, 0.5) is 0 Å². The maximum absolute atomic E-state index is 11.6. The van der Waals surface area contributed by atoms with E-state index in [1.54, 1.807) is 0 Å². The fraction of sp³-hybridized carbons (Fsp3) is 1.00. The summed E-state index contributed by atoms with van der Waals surface area (Å²) in [6, 6.07) is 0. The Bertz CT molecular complexity index is 833. The van der Waals surface area contributed by atoms with Gasteiger partial charge in [0.25, 0.3) is 0 Å². The first kappa shape index (κ1) is 15.7. The molecular formula is C27H48O3. The number of hydrogen-bond acceptors (Lipinski definition) is 3. The van der Waals surface area contributed by atoms with Crippen LogP contribution in [0.15, 0.2) is 0 Å². The van der Waals surface area contributed by atoms with E-state index in [2.05, 4.69) is 20.8 Å². The Morgan fingerprint density at radius 2 is 1.80 bits per heavy atom. The summed E-state index contributed by atoms with van der Waals surface area (Å²) in [5.74, 6) is -0.631. The highest BCUT2D eigenvalue weighted by molar-refractivity contribution is 5.17. The summed E-state index contributed by atoms with van der Waals surface area (Å²) < 4.78 is 54.4. The van der Waals surface area contributed by atoms with E-state index >= 15 is 0 Å². The molecular weight excluding hydrogens is 372 g/mol. The van der Waals surface area contributed by atoms with Gasteiger partial charge in [-0.3, -0.25) is 0 Å². The molecule has 0 saturated heterocycles. The minimum Gasteiger partial charge on any atom is -0.393 e. The van der Waals surface area contributed by atoms with Gasteiger partial charge < -0.3 is 15.3 Å². The van der Waals surface area contributed by atoms with Gasteiger partial charge in [-0.05, 0) is 85.8 Å². The fourth-order valence-corrected chi connectivity index (χ4v) is 9.04. The van der Waals surface area contributed by atoms with E-state index in [1.165, 1.54) is 0 Å². The molecule has 3 N–H and O–H groups in total. The van der Waals surface area contributed by atoms with Crippen LogP contribution in [0, 0.1) is 46.3 Å². The third kappa shape index (κ3) is 3.41. The van der Waals surface area contributed by atoms with Crippen LogP contribution in [0.25, 0.3) is 0 Å². The lowest BCUT2D eigenvalue weighted by atomic mass is 9.42. The molecule has 3 nitrogen and oxygen atoms in total. The van der Waals surface area contributed by atoms with Gasteiger partial charge >= 0.3 is 0 Å². The van der Waals surface area contributed by atoms with Crippen molar-refractivity contribution >= 4 is 0 Å². The number of hydrogen-bond donors (Lipinski definition) is 3. The second kappa shape index (κ2) is 8.03. The highest BCUT2D eigenvalue weighted by atomic mass is 16.3. The summed E-state index contributed by atoms with van der Waals surface area (Å²) in [6.45, 7) is 0.985. The standard InChI is InChI=1S/C27H48O3/c1-17(2)7-6-8-18(3)21-9-10-22-20-15-24(29)27(30)16-19(28)11-14-26(27,5)23(20)12-13-25(21,22)4/h17-24,28-30H,6-16H2,1-5H3/t18-,19+,20+,21-,22+,23+,24+,25-,26-,27+/m1/s1/i1D3,2D3,17D.